The van der Waals surface area contributed by atoms with Gasteiger partial charge in [-0.3, -0.25) is 14.9 Å². The molecule has 9 nitrogen and oxygen atoms in total. The molecule has 4 aromatic carbocycles. The number of benzene rings is 4. The summed E-state index contributed by atoms with van der Waals surface area (Å²) in [4.78, 5) is 31.5. The molecule has 0 aliphatic carbocycles. The van der Waals surface area contributed by atoms with Gasteiger partial charge in [0.2, 0.25) is 4.77 Å². The van der Waals surface area contributed by atoms with Crippen LogP contribution in [0.2, 0.25) is 0 Å². The number of carbonyl (C=O) groups excluding carboxylic acids is 2. The predicted molar refractivity (Wildman–Crippen MR) is 163 cm³/mol. The number of anilines is 1. The Morgan fingerprint density at radius 1 is 0.705 bits per heavy atom. The van der Waals surface area contributed by atoms with Gasteiger partial charge in [-0.15, -0.1) is 21.6 Å². The summed E-state index contributed by atoms with van der Waals surface area (Å²) in [5.74, 6) is -0.989. The number of nitrogens with zero attached hydrogens (tertiary/aromatic N) is 1. The van der Waals surface area contributed by atoms with Crippen LogP contribution in [-0.2, 0) is 4.79 Å². The first-order valence-electron chi connectivity index (χ1n) is 12.8. The first-order valence-corrected chi connectivity index (χ1v) is 17.0. The number of aromatic nitrogens is 1. The zero-order valence-electron chi connectivity index (χ0n) is 22.7. The van der Waals surface area contributed by atoms with E-state index in [1.807, 2.05) is 97.1 Å². The van der Waals surface area contributed by atoms with Gasteiger partial charge in [-0.1, -0.05) is 72.8 Å². The van der Waals surface area contributed by atoms with Crippen LogP contribution in [0.1, 0.15) is 10.4 Å². The van der Waals surface area contributed by atoms with Crippen molar-refractivity contribution in [3.8, 4) is 0 Å². The van der Waals surface area contributed by atoms with Crippen molar-refractivity contribution in [2.24, 2.45) is 0 Å². The van der Waals surface area contributed by atoms with Gasteiger partial charge in [0.1, 0.15) is 15.9 Å². The van der Waals surface area contributed by atoms with Gasteiger partial charge in [-0.2, -0.15) is 0 Å². The van der Waals surface area contributed by atoms with Crippen LogP contribution in [0.4, 0.5) is 5.13 Å². The first-order chi connectivity index (χ1) is 21.1. The Labute approximate surface area is 265 Å². The molecule has 5 aromatic rings. The van der Waals surface area contributed by atoms with E-state index in [1.165, 1.54) is 11.3 Å². The molecule has 0 spiro atoms. The lowest BCUT2D eigenvalue weighted by molar-refractivity contribution is -2.00. The molecule has 0 aliphatic rings. The molecule has 0 atom stereocenters. The number of amides is 2. The Morgan fingerprint density at radius 2 is 1.11 bits per heavy atom. The lowest BCUT2D eigenvalue weighted by Gasteiger charge is -2.28. The molecule has 5 rings (SSSR count). The van der Waals surface area contributed by atoms with E-state index in [0.717, 1.165) is 15.9 Å². The molecule has 0 unspecified atom stereocenters. The third-order valence-corrected chi connectivity index (χ3v) is 11.8. The summed E-state index contributed by atoms with van der Waals surface area (Å²) in [5, 5.41) is 10.7. The summed E-state index contributed by atoms with van der Waals surface area (Å²) in [6.45, 7) is 0. The minimum absolute atomic E-state index is 0.0226. The number of hydrogen-bond acceptors (Lipinski definition) is 8. The average molecular weight is 668 g/mol. The highest BCUT2D eigenvalue weighted by atomic mass is 35.7. The summed E-state index contributed by atoms with van der Waals surface area (Å²) in [6.07, 6.45) is 1.60. The number of halogens is 2. The van der Waals surface area contributed by atoms with E-state index >= 15 is 0 Å². The summed E-state index contributed by atoms with van der Waals surface area (Å²) >= 11 is 8.76. The molecule has 0 bridgehead atoms. The van der Waals surface area contributed by atoms with Crippen LogP contribution in [0, 0.1) is 10.2 Å². The van der Waals surface area contributed by atoms with Gasteiger partial charge in [-0.05, 0) is 60.1 Å². The lowest BCUT2D eigenvalue weighted by atomic mass is 10.2. The van der Waals surface area contributed by atoms with Gasteiger partial charge >= 0.3 is 0 Å². The molecule has 0 aliphatic heterocycles. The van der Waals surface area contributed by atoms with E-state index < -0.39 is 29.3 Å². The Morgan fingerprint density at radius 3 is 1.50 bits per heavy atom. The van der Waals surface area contributed by atoms with Gasteiger partial charge < -0.3 is 5.32 Å². The molecule has 2 N–H and O–H groups in total. The molecule has 0 saturated carbocycles. The quantitative estimate of drug-likeness (QED) is 0.185. The maximum atomic E-state index is 13.9. The molecular weight excluding hydrogens is 644 g/mol. The second kappa shape index (κ2) is 15.2. The molecule has 44 heavy (non-hydrogen) atoms. The normalized spacial score (nSPS) is 11.8. The second-order valence-electron chi connectivity index (χ2n) is 8.83. The zero-order valence-corrected chi connectivity index (χ0v) is 25.9. The van der Waals surface area contributed by atoms with Crippen molar-refractivity contribution < 1.29 is 38.5 Å². The molecule has 1 aromatic heterocycles. The number of nitrogens with one attached hydrogen (secondary N) is 2. The highest BCUT2D eigenvalue weighted by molar-refractivity contribution is 8.00. The first kappa shape index (κ1) is 32.9. The maximum Gasteiger partial charge on any atom is 0.279 e. The van der Waals surface area contributed by atoms with E-state index in [4.69, 9.17) is 30.2 Å². The van der Waals surface area contributed by atoms with Crippen molar-refractivity contribution in [1.82, 2.24) is 10.3 Å². The number of carbonyl (C=O) groups is 2. The fourth-order valence-electron chi connectivity index (χ4n) is 4.33. The molecular formula is C31H24Cl2N3O6PS. The molecule has 13 heteroatoms. The summed E-state index contributed by atoms with van der Waals surface area (Å²) in [6, 6.07) is 38.4. The van der Waals surface area contributed by atoms with Crippen molar-refractivity contribution in [2.75, 3.05) is 5.32 Å². The maximum absolute atomic E-state index is 13.9. The van der Waals surface area contributed by atoms with Crippen molar-refractivity contribution in [1.29, 1.82) is 0 Å². The van der Waals surface area contributed by atoms with E-state index in [0.29, 0.717) is 10.7 Å². The Balaban J connectivity index is 0.000000818. The SMILES string of the molecule is O=C(Nc1nccs1)C(NC(=O)c1ccccc1)=C(Cl)[P+](c1ccccc1)(c1ccccc1)c1ccccc1.[O-][Cl+3]([O-])([O-])[O-]. The predicted octanol–water partition coefficient (Wildman–Crippen LogP) is 1.16. The van der Waals surface area contributed by atoms with Crippen LogP contribution in [0.3, 0.4) is 0 Å². The molecule has 0 radical (unpaired) electrons. The lowest BCUT2D eigenvalue weighted by Crippen LogP contribution is -2.68. The van der Waals surface area contributed by atoms with Crippen LogP contribution in [-0.4, -0.2) is 16.8 Å². The third kappa shape index (κ3) is 8.35. The highest BCUT2D eigenvalue weighted by Crippen LogP contribution is 2.64. The van der Waals surface area contributed by atoms with Gasteiger partial charge in [0.25, 0.3) is 11.8 Å². The standard InChI is InChI=1S/C31H23ClN3O2PS.ClHO4/c32-28(27(30(37)35-31-33-21-22-39-31)34-29(36)23-13-5-1-6-14-23)38(24-15-7-2-8-16-24,25-17-9-3-10-18-25)26-19-11-4-12-20-26;2-1(3,4)5/h1-22H,(H-,33,34,35,36,37);(H,2,3,4,5). The van der Waals surface area contributed by atoms with E-state index in [9.17, 15) is 9.59 Å². The Kier molecular flexibility index (Phi) is 11.4. The van der Waals surface area contributed by atoms with E-state index in [2.05, 4.69) is 15.6 Å². The Hall–Kier alpha value is -3.96. The minimum Gasteiger partial charge on any atom is -0.313 e. The van der Waals surface area contributed by atoms with E-state index in [1.54, 1.807) is 35.8 Å². The van der Waals surface area contributed by atoms with Crippen molar-refractivity contribution in [3.63, 3.8) is 0 Å². The third-order valence-electron chi connectivity index (χ3n) is 6.09. The number of hydrogen-bond donors (Lipinski definition) is 2. The molecule has 0 fully saturated rings. The van der Waals surface area contributed by atoms with Crippen molar-refractivity contribution in [2.45, 2.75) is 0 Å². The summed E-state index contributed by atoms with van der Waals surface area (Å²) in [5.41, 5.74) is 0.384. The zero-order chi connectivity index (χ0) is 31.6. The molecule has 224 valence electrons. The topological polar surface area (TPSA) is 163 Å². The summed E-state index contributed by atoms with van der Waals surface area (Å²) < 4.78 is 34.2. The Bertz CT molecular complexity index is 1590. The molecule has 1 heterocycles. The van der Waals surface area contributed by atoms with Gasteiger partial charge in [-0.25, -0.2) is 23.6 Å². The average Bonchev–Trinajstić information content (AvgIpc) is 3.54. The van der Waals surface area contributed by atoms with Crippen LogP contribution in [0.5, 0.6) is 0 Å². The van der Waals surface area contributed by atoms with Crippen LogP contribution < -0.4 is 45.2 Å². The van der Waals surface area contributed by atoms with Gasteiger partial charge in [0.05, 0.1) is 0 Å². The summed E-state index contributed by atoms with van der Waals surface area (Å²) in [7, 11) is -7.78. The van der Waals surface area contributed by atoms with Crippen LogP contribution in [0.25, 0.3) is 0 Å². The van der Waals surface area contributed by atoms with Crippen molar-refractivity contribution >= 4 is 63.1 Å². The minimum atomic E-state index is -4.94. The number of rotatable bonds is 8. The second-order valence-corrected chi connectivity index (χ2v) is 14.5. The number of thiazole rings is 1. The fourth-order valence-corrected chi connectivity index (χ4v) is 9.79. The van der Waals surface area contributed by atoms with E-state index in [-0.39, 0.29) is 10.5 Å². The van der Waals surface area contributed by atoms with Crippen LogP contribution >= 0.6 is 30.2 Å². The largest absolute Gasteiger partial charge is 0.313 e. The highest BCUT2D eigenvalue weighted by Gasteiger charge is 2.52. The van der Waals surface area contributed by atoms with Gasteiger partial charge in [0, 0.05) is 17.1 Å². The van der Waals surface area contributed by atoms with Crippen LogP contribution in [0.15, 0.2) is 143 Å². The molecule has 0 saturated heterocycles. The monoisotopic (exact) mass is 667 g/mol. The molecule has 2 amide bonds. The fraction of sp³-hybridized carbons (Fsp3) is 0. The van der Waals surface area contributed by atoms with Crippen molar-refractivity contribution in [3.05, 3.63) is 149 Å². The smallest absolute Gasteiger partial charge is 0.279 e. The van der Waals surface area contributed by atoms with Gasteiger partial charge in [0.15, 0.2) is 18.1 Å².